The Morgan fingerprint density at radius 3 is 2.23 bits per heavy atom. The molecule has 0 aliphatic heterocycles. The van der Waals surface area contributed by atoms with Crippen molar-refractivity contribution >= 4 is 0 Å². The van der Waals surface area contributed by atoms with E-state index in [9.17, 15) is 13.2 Å². The zero-order valence-electron chi connectivity index (χ0n) is 23.3. The highest BCUT2D eigenvalue weighted by Crippen LogP contribution is 2.37. The molecule has 4 rings (SSSR count). The summed E-state index contributed by atoms with van der Waals surface area (Å²) < 4.78 is 61.4. The highest BCUT2D eigenvalue weighted by molar-refractivity contribution is 5.64. The second-order valence-electron chi connectivity index (χ2n) is 10.4. The van der Waals surface area contributed by atoms with E-state index in [0.29, 0.717) is 17.7 Å². The second-order valence-corrected chi connectivity index (χ2v) is 10.4. The molecule has 6 heteroatoms. The molecule has 0 amide bonds. The molecule has 0 radical (unpaired) electrons. The van der Waals surface area contributed by atoms with Crippen LogP contribution in [-0.2, 0) is 11.3 Å². The summed E-state index contributed by atoms with van der Waals surface area (Å²) in [7, 11) is 0. The Kier molecular flexibility index (Phi) is 11.1. The summed E-state index contributed by atoms with van der Waals surface area (Å²) >= 11 is 0. The summed E-state index contributed by atoms with van der Waals surface area (Å²) in [6.07, 6.45) is 9.08. The molecular formula is C34H39F3O3. The van der Waals surface area contributed by atoms with Crippen molar-refractivity contribution in [3.05, 3.63) is 95.8 Å². The highest BCUT2D eigenvalue weighted by atomic mass is 19.2. The minimum absolute atomic E-state index is 0.00940. The zero-order valence-corrected chi connectivity index (χ0v) is 23.3. The molecule has 0 aromatic heterocycles. The molecule has 0 N–H and O–H groups in total. The monoisotopic (exact) mass is 552 g/mol. The molecule has 0 bridgehead atoms. The van der Waals surface area contributed by atoms with Crippen molar-refractivity contribution in [3.8, 4) is 22.6 Å². The van der Waals surface area contributed by atoms with Crippen molar-refractivity contribution in [2.75, 3.05) is 13.2 Å². The largest absolute Gasteiger partial charge is 0.491 e. The normalized spacial score (nSPS) is 17.0. The molecule has 214 valence electrons. The van der Waals surface area contributed by atoms with Crippen LogP contribution in [0.1, 0.15) is 75.3 Å². The first kappa shape index (κ1) is 29.7. The fraction of sp³-hybridized carbons (Fsp3) is 0.412. The fourth-order valence-corrected chi connectivity index (χ4v) is 5.07. The Hall–Kier alpha value is -3.25. The highest BCUT2D eigenvalue weighted by Gasteiger charge is 2.27. The van der Waals surface area contributed by atoms with E-state index in [1.54, 1.807) is 18.2 Å². The van der Waals surface area contributed by atoms with Crippen LogP contribution in [0, 0.1) is 17.5 Å². The van der Waals surface area contributed by atoms with Gasteiger partial charge in [0, 0.05) is 6.61 Å². The van der Waals surface area contributed by atoms with Crippen molar-refractivity contribution in [2.24, 2.45) is 0 Å². The molecule has 3 aromatic rings. The topological polar surface area (TPSA) is 27.7 Å². The molecule has 0 heterocycles. The van der Waals surface area contributed by atoms with Gasteiger partial charge in [-0.2, -0.15) is 4.39 Å². The van der Waals surface area contributed by atoms with Crippen molar-refractivity contribution in [3.63, 3.8) is 0 Å². The third-order valence-corrected chi connectivity index (χ3v) is 7.47. The predicted molar refractivity (Wildman–Crippen MR) is 153 cm³/mol. The van der Waals surface area contributed by atoms with Crippen LogP contribution in [0.25, 0.3) is 11.1 Å². The number of unbranched alkanes of at least 4 members (excludes halogenated alkanes) is 2. The third kappa shape index (κ3) is 7.91. The lowest BCUT2D eigenvalue weighted by molar-refractivity contribution is 0.0230. The maximum Gasteiger partial charge on any atom is 0.200 e. The quantitative estimate of drug-likeness (QED) is 0.147. The van der Waals surface area contributed by atoms with Crippen LogP contribution < -0.4 is 9.47 Å². The third-order valence-electron chi connectivity index (χ3n) is 7.47. The molecule has 0 atom stereocenters. The van der Waals surface area contributed by atoms with E-state index >= 15 is 0 Å². The standard InChI is InChI=1S/C34H39F3O3/c1-3-5-7-21-39-31-18-14-27(22-30(31)35)25-10-8-24(9-11-25)23-40-32-19-17-29(33(36)34(32)37)26-12-15-28(16-13-26)38-20-6-4-2/h3,8-11,14,17-19,22,26,28H,1,4-7,12-13,15-16,20-21,23H2,2H3. The smallest absolute Gasteiger partial charge is 0.200 e. The molecule has 3 aromatic carbocycles. The van der Waals surface area contributed by atoms with Crippen LogP contribution in [0.4, 0.5) is 13.2 Å². The van der Waals surface area contributed by atoms with E-state index in [0.717, 1.165) is 69.1 Å². The molecule has 1 aliphatic carbocycles. The molecule has 0 unspecified atom stereocenters. The van der Waals surface area contributed by atoms with Crippen LogP contribution in [0.15, 0.2) is 67.3 Å². The number of hydrogen-bond donors (Lipinski definition) is 0. The maximum atomic E-state index is 15.0. The second kappa shape index (κ2) is 14.9. The molecule has 1 aliphatic rings. The van der Waals surface area contributed by atoms with Gasteiger partial charge >= 0.3 is 0 Å². The first-order chi connectivity index (χ1) is 19.5. The minimum Gasteiger partial charge on any atom is -0.491 e. The SMILES string of the molecule is C=CCCCOc1ccc(-c2ccc(COc3ccc(C4CCC(OCCCC)CC4)c(F)c3F)cc2)cc1F. The lowest BCUT2D eigenvalue weighted by atomic mass is 9.82. The summed E-state index contributed by atoms with van der Waals surface area (Å²) in [5.41, 5.74) is 2.75. The van der Waals surface area contributed by atoms with Gasteiger partial charge in [0.15, 0.2) is 23.1 Å². The Labute approximate surface area is 236 Å². The number of benzene rings is 3. The lowest BCUT2D eigenvalue weighted by Gasteiger charge is -2.29. The van der Waals surface area contributed by atoms with Crippen molar-refractivity contribution < 1.29 is 27.4 Å². The van der Waals surface area contributed by atoms with Gasteiger partial charge < -0.3 is 14.2 Å². The van der Waals surface area contributed by atoms with Gasteiger partial charge in [-0.15, -0.1) is 6.58 Å². The van der Waals surface area contributed by atoms with Gasteiger partial charge in [-0.05, 0) is 91.3 Å². The van der Waals surface area contributed by atoms with Gasteiger partial charge in [0.1, 0.15) is 6.61 Å². The van der Waals surface area contributed by atoms with Crippen LogP contribution >= 0.6 is 0 Å². The number of allylic oxidation sites excluding steroid dienone is 1. The molecule has 1 saturated carbocycles. The Morgan fingerprint density at radius 1 is 0.800 bits per heavy atom. The van der Waals surface area contributed by atoms with Gasteiger partial charge in [-0.1, -0.05) is 55.8 Å². The minimum atomic E-state index is -0.947. The van der Waals surface area contributed by atoms with E-state index in [2.05, 4.69) is 13.5 Å². The van der Waals surface area contributed by atoms with Crippen LogP contribution in [-0.4, -0.2) is 19.3 Å². The van der Waals surface area contributed by atoms with E-state index in [1.807, 2.05) is 30.3 Å². The first-order valence-corrected chi connectivity index (χ1v) is 14.3. The summed E-state index contributed by atoms with van der Waals surface area (Å²) in [6.45, 7) is 7.08. The predicted octanol–water partition coefficient (Wildman–Crippen LogP) is 9.54. The average molecular weight is 553 g/mol. The molecule has 40 heavy (non-hydrogen) atoms. The van der Waals surface area contributed by atoms with Gasteiger partial charge in [-0.3, -0.25) is 0 Å². The number of halogens is 3. The van der Waals surface area contributed by atoms with Crippen LogP contribution in [0.2, 0.25) is 0 Å². The summed E-state index contributed by atoms with van der Waals surface area (Å²) in [4.78, 5) is 0. The number of hydrogen-bond acceptors (Lipinski definition) is 3. The van der Waals surface area contributed by atoms with E-state index in [-0.39, 0.29) is 30.1 Å². The molecular weight excluding hydrogens is 513 g/mol. The molecule has 1 fully saturated rings. The van der Waals surface area contributed by atoms with Gasteiger partial charge in [0.05, 0.1) is 12.7 Å². The first-order valence-electron chi connectivity index (χ1n) is 14.3. The fourth-order valence-electron chi connectivity index (χ4n) is 5.07. The van der Waals surface area contributed by atoms with Gasteiger partial charge in [-0.25, -0.2) is 8.78 Å². The Balaban J connectivity index is 1.31. The number of ether oxygens (including phenoxy) is 3. The lowest BCUT2D eigenvalue weighted by Crippen LogP contribution is -2.22. The summed E-state index contributed by atoms with van der Waals surface area (Å²) in [6, 6.07) is 15.4. The van der Waals surface area contributed by atoms with Crippen LogP contribution in [0.3, 0.4) is 0 Å². The zero-order chi connectivity index (χ0) is 28.3. The van der Waals surface area contributed by atoms with Gasteiger partial charge in [0.2, 0.25) is 5.82 Å². The molecule has 0 saturated heterocycles. The van der Waals surface area contributed by atoms with E-state index in [4.69, 9.17) is 14.2 Å². The van der Waals surface area contributed by atoms with Crippen molar-refractivity contribution in [1.29, 1.82) is 0 Å². The Morgan fingerprint density at radius 2 is 1.52 bits per heavy atom. The number of rotatable bonds is 14. The summed E-state index contributed by atoms with van der Waals surface area (Å²) in [5.74, 6) is -2.08. The van der Waals surface area contributed by atoms with Gasteiger partial charge in [0.25, 0.3) is 0 Å². The van der Waals surface area contributed by atoms with E-state index in [1.165, 1.54) is 12.1 Å². The molecule has 3 nitrogen and oxygen atoms in total. The summed E-state index contributed by atoms with van der Waals surface area (Å²) in [5, 5.41) is 0. The average Bonchev–Trinajstić information content (AvgIpc) is 2.98. The van der Waals surface area contributed by atoms with E-state index < -0.39 is 17.5 Å². The van der Waals surface area contributed by atoms with Crippen LogP contribution in [0.5, 0.6) is 11.5 Å². The maximum absolute atomic E-state index is 15.0. The Bertz CT molecular complexity index is 1230. The van der Waals surface area contributed by atoms with Crippen molar-refractivity contribution in [2.45, 2.75) is 76.9 Å². The van der Waals surface area contributed by atoms with Crippen molar-refractivity contribution in [1.82, 2.24) is 0 Å². The molecule has 0 spiro atoms.